The summed E-state index contributed by atoms with van der Waals surface area (Å²) in [5, 5.41) is 0.957. The molecule has 0 aliphatic carbocycles. The number of aromatic nitrogens is 1. The number of para-hydroxylation sites is 1. The van der Waals surface area contributed by atoms with Gasteiger partial charge in [0, 0.05) is 37.2 Å². The highest BCUT2D eigenvalue weighted by Crippen LogP contribution is 2.25. The lowest BCUT2D eigenvalue weighted by molar-refractivity contribution is -0.149. The topological polar surface area (TPSA) is 51.5 Å². The number of aryl methyl sites for hydroxylation is 1. The number of carbonyl (C=O) groups excluding carboxylic acids is 2. The largest absolute Gasteiger partial charge is 0.466 e. The Balaban J connectivity index is 1.83. The smallest absolute Gasteiger partial charge is 0.310 e. The van der Waals surface area contributed by atoms with Crippen LogP contribution in [0.25, 0.3) is 10.9 Å². The van der Waals surface area contributed by atoms with E-state index in [-0.39, 0.29) is 17.8 Å². The first-order chi connectivity index (χ1) is 11.1. The van der Waals surface area contributed by atoms with Crippen LogP contribution in [0.1, 0.15) is 30.1 Å². The van der Waals surface area contributed by atoms with Crippen LogP contribution in [0.15, 0.2) is 30.5 Å². The first-order valence-electron chi connectivity index (χ1n) is 8.11. The van der Waals surface area contributed by atoms with Gasteiger partial charge >= 0.3 is 5.97 Å². The second kappa shape index (κ2) is 6.44. The molecule has 2 heterocycles. The zero-order chi connectivity index (χ0) is 16.4. The molecule has 3 rings (SSSR count). The van der Waals surface area contributed by atoms with E-state index in [2.05, 4.69) is 0 Å². The van der Waals surface area contributed by atoms with Crippen molar-refractivity contribution in [1.29, 1.82) is 0 Å². The second-order valence-corrected chi connectivity index (χ2v) is 6.01. The average Bonchev–Trinajstić information content (AvgIpc) is 2.92. The minimum absolute atomic E-state index is 0.00389. The number of nitrogens with zero attached hydrogens (tertiary/aromatic N) is 2. The van der Waals surface area contributed by atoms with Crippen molar-refractivity contribution in [2.24, 2.45) is 13.0 Å². The zero-order valence-electron chi connectivity index (χ0n) is 13.6. The van der Waals surface area contributed by atoms with Gasteiger partial charge < -0.3 is 14.2 Å². The lowest BCUT2D eigenvalue weighted by atomic mass is 9.97. The van der Waals surface area contributed by atoms with Crippen LogP contribution in [0.4, 0.5) is 0 Å². The van der Waals surface area contributed by atoms with E-state index in [1.165, 1.54) is 0 Å². The predicted octanol–water partition coefficient (Wildman–Crippen LogP) is 2.59. The molecule has 1 amide bonds. The summed E-state index contributed by atoms with van der Waals surface area (Å²) in [6.45, 7) is 3.32. The third-order valence-corrected chi connectivity index (χ3v) is 4.46. The van der Waals surface area contributed by atoms with Crippen molar-refractivity contribution in [1.82, 2.24) is 9.47 Å². The van der Waals surface area contributed by atoms with E-state index >= 15 is 0 Å². The molecule has 0 N–H and O–H groups in total. The number of esters is 1. The highest BCUT2D eigenvalue weighted by molar-refractivity contribution is 6.07. The van der Waals surface area contributed by atoms with Crippen LogP contribution in [0.5, 0.6) is 0 Å². The Bertz CT molecular complexity index is 735. The highest BCUT2D eigenvalue weighted by atomic mass is 16.5. The Morgan fingerprint density at radius 2 is 2.09 bits per heavy atom. The molecule has 23 heavy (non-hydrogen) atoms. The fraction of sp³-hybridized carbons (Fsp3) is 0.444. The molecular formula is C18H22N2O3. The van der Waals surface area contributed by atoms with Gasteiger partial charge in [0.1, 0.15) is 0 Å². The Hall–Kier alpha value is -2.30. The highest BCUT2D eigenvalue weighted by Gasteiger charge is 2.30. The summed E-state index contributed by atoms with van der Waals surface area (Å²) in [5.74, 6) is -0.402. The van der Waals surface area contributed by atoms with Gasteiger partial charge in [0.2, 0.25) is 0 Å². The molecule has 2 aromatic rings. The standard InChI is InChI=1S/C18H22N2O3/c1-3-23-18(22)13-7-6-10-20(11-13)17(21)15-12-19(2)16-9-5-4-8-14(15)16/h4-5,8-9,12-13H,3,6-7,10-11H2,1-2H3/t13-/m0/s1. The molecule has 1 fully saturated rings. The van der Waals surface area contributed by atoms with Gasteiger partial charge in [-0.25, -0.2) is 0 Å². The summed E-state index contributed by atoms with van der Waals surface area (Å²) in [6.07, 6.45) is 3.50. The number of hydrogen-bond donors (Lipinski definition) is 0. The molecule has 122 valence electrons. The summed E-state index contributed by atoms with van der Waals surface area (Å²) in [7, 11) is 1.94. The van der Waals surface area contributed by atoms with Gasteiger partial charge in [0.25, 0.3) is 5.91 Å². The molecule has 5 nitrogen and oxygen atoms in total. The van der Waals surface area contributed by atoms with E-state index in [4.69, 9.17) is 4.74 Å². The van der Waals surface area contributed by atoms with Crippen LogP contribution in [-0.2, 0) is 16.6 Å². The fourth-order valence-electron chi connectivity index (χ4n) is 3.30. The summed E-state index contributed by atoms with van der Waals surface area (Å²) in [6, 6.07) is 7.88. The summed E-state index contributed by atoms with van der Waals surface area (Å²) >= 11 is 0. The Labute approximate surface area is 135 Å². The van der Waals surface area contributed by atoms with Crippen LogP contribution in [0.2, 0.25) is 0 Å². The number of fused-ring (bicyclic) bond motifs is 1. The van der Waals surface area contributed by atoms with Crippen molar-refractivity contribution >= 4 is 22.8 Å². The number of carbonyl (C=O) groups is 2. The van der Waals surface area contributed by atoms with Gasteiger partial charge in [-0.15, -0.1) is 0 Å². The molecule has 0 saturated carbocycles. The molecule has 1 aromatic heterocycles. The van der Waals surface area contributed by atoms with Gasteiger partial charge in [-0.2, -0.15) is 0 Å². The molecule has 0 radical (unpaired) electrons. The van der Waals surface area contributed by atoms with Gasteiger partial charge in [-0.3, -0.25) is 9.59 Å². The molecule has 1 saturated heterocycles. The zero-order valence-corrected chi connectivity index (χ0v) is 13.6. The molecule has 1 aromatic carbocycles. The summed E-state index contributed by atoms with van der Waals surface area (Å²) < 4.78 is 7.08. The Morgan fingerprint density at radius 1 is 1.30 bits per heavy atom. The lowest BCUT2D eigenvalue weighted by Gasteiger charge is -2.31. The lowest BCUT2D eigenvalue weighted by Crippen LogP contribution is -2.42. The average molecular weight is 314 g/mol. The van der Waals surface area contributed by atoms with E-state index in [1.54, 1.807) is 11.8 Å². The molecule has 1 aliphatic rings. The van der Waals surface area contributed by atoms with E-state index in [0.29, 0.717) is 25.3 Å². The second-order valence-electron chi connectivity index (χ2n) is 6.01. The van der Waals surface area contributed by atoms with Gasteiger partial charge in [0.05, 0.1) is 18.1 Å². The predicted molar refractivity (Wildman–Crippen MR) is 88.2 cm³/mol. The Morgan fingerprint density at radius 3 is 2.87 bits per heavy atom. The number of benzene rings is 1. The third kappa shape index (κ3) is 2.96. The van der Waals surface area contributed by atoms with Crippen molar-refractivity contribution in [3.8, 4) is 0 Å². The SMILES string of the molecule is CCOC(=O)[C@H]1CCCN(C(=O)c2cn(C)c3ccccc23)C1. The maximum atomic E-state index is 12.9. The van der Waals surface area contributed by atoms with Gasteiger partial charge in [-0.1, -0.05) is 18.2 Å². The quantitative estimate of drug-likeness (QED) is 0.818. The molecule has 0 bridgehead atoms. The number of likely N-dealkylation sites (tertiary alicyclic amines) is 1. The van der Waals surface area contributed by atoms with E-state index in [1.807, 2.05) is 42.1 Å². The first kappa shape index (κ1) is 15.6. The third-order valence-electron chi connectivity index (χ3n) is 4.46. The van der Waals surface area contributed by atoms with Crippen molar-refractivity contribution in [3.05, 3.63) is 36.0 Å². The van der Waals surface area contributed by atoms with Crippen LogP contribution in [0, 0.1) is 5.92 Å². The molecule has 0 unspecified atom stereocenters. The van der Waals surface area contributed by atoms with Crippen LogP contribution < -0.4 is 0 Å². The molecular weight excluding hydrogens is 292 g/mol. The number of piperidine rings is 1. The van der Waals surface area contributed by atoms with Crippen molar-refractivity contribution in [2.75, 3.05) is 19.7 Å². The summed E-state index contributed by atoms with van der Waals surface area (Å²) in [5.41, 5.74) is 1.74. The monoisotopic (exact) mass is 314 g/mol. The van der Waals surface area contributed by atoms with Crippen molar-refractivity contribution in [3.63, 3.8) is 0 Å². The van der Waals surface area contributed by atoms with E-state index in [0.717, 1.165) is 23.7 Å². The van der Waals surface area contributed by atoms with E-state index in [9.17, 15) is 9.59 Å². The number of ether oxygens (including phenoxy) is 1. The van der Waals surface area contributed by atoms with Crippen LogP contribution in [-0.4, -0.2) is 41.0 Å². The minimum atomic E-state index is -0.206. The molecule has 5 heteroatoms. The van der Waals surface area contributed by atoms with Gasteiger partial charge in [-0.05, 0) is 25.8 Å². The van der Waals surface area contributed by atoms with Crippen molar-refractivity contribution < 1.29 is 14.3 Å². The van der Waals surface area contributed by atoms with Gasteiger partial charge in [0.15, 0.2) is 0 Å². The first-order valence-corrected chi connectivity index (χ1v) is 8.11. The normalized spacial score (nSPS) is 18.2. The number of rotatable bonds is 3. The summed E-state index contributed by atoms with van der Waals surface area (Å²) in [4.78, 5) is 26.7. The number of amides is 1. The molecule has 0 spiro atoms. The maximum absolute atomic E-state index is 12.9. The van der Waals surface area contributed by atoms with Crippen LogP contribution in [0.3, 0.4) is 0 Å². The molecule has 1 atom stereocenters. The fourth-order valence-corrected chi connectivity index (χ4v) is 3.30. The number of hydrogen-bond acceptors (Lipinski definition) is 3. The van der Waals surface area contributed by atoms with Crippen LogP contribution >= 0.6 is 0 Å². The van der Waals surface area contributed by atoms with Crippen molar-refractivity contribution in [2.45, 2.75) is 19.8 Å². The maximum Gasteiger partial charge on any atom is 0.310 e. The molecule has 1 aliphatic heterocycles. The van der Waals surface area contributed by atoms with E-state index < -0.39 is 0 Å². The Kier molecular flexibility index (Phi) is 4.37. The minimum Gasteiger partial charge on any atom is -0.466 e.